The topological polar surface area (TPSA) is 56.7 Å². The highest BCUT2D eigenvalue weighted by atomic mass is 16.3. The van der Waals surface area contributed by atoms with Gasteiger partial charge in [0, 0.05) is 38.2 Å². The number of para-hydroxylation sites is 2. The third kappa shape index (κ3) is 4.39. The van der Waals surface area contributed by atoms with Crippen LogP contribution in [0.15, 0.2) is 174 Å². The molecule has 0 amide bonds. The molecule has 0 atom stereocenters. The number of hydrogen-bond acceptors (Lipinski definition) is 4. The minimum Gasteiger partial charge on any atom is -0.456 e. The van der Waals surface area contributed by atoms with Gasteiger partial charge in [-0.3, -0.25) is 4.57 Å². The Labute approximate surface area is 298 Å². The minimum atomic E-state index is 0.566. The van der Waals surface area contributed by atoms with Crippen molar-refractivity contribution in [1.29, 1.82) is 0 Å². The van der Waals surface area contributed by atoms with Crippen LogP contribution in [-0.2, 0) is 0 Å². The summed E-state index contributed by atoms with van der Waals surface area (Å²) in [6.07, 6.45) is 0. The van der Waals surface area contributed by atoms with Gasteiger partial charge in [0.1, 0.15) is 11.2 Å². The normalized spacial score (nSPS) is 11.8. The van der Waals surface area contributed by atoms with Gasteiger partial charge in [-0.1, -0.05) is 140 Å². The number of fused-ring (bicyclic) bond motifs is 9. The van der Waals surface area contributed by atoms with E-state index in [1.165, 1.54) is 16.2 Å². The van der Waals surface area contributed by atoms with Gasteiger partial charge < -0.3 is 4.42 Å². The van der Waals surface area contributed by atoms with E-state index < -0.39 is 0 Å². The Balaban J connectivity index is 1.20. The summed E-state index contributed by atoms with van der Waals surface area (Å²) in [7, 11) is 0. The SMILES string of the molecule is c1ccc(-c2nc(-c3ccc4ccccc4c3)nc(-n3c4ccccc4c4cccc(-c5ccc6oc7ccc8ccccc8c7c6c5)c43)n2)cc1. The van der Waals surface area contributed by atoms with Crippen molar-refractivity contribution in [3.63, 3.8) is 0 Å². The lowest BCUT2D eigenvalue weighted by Crippen LogP contribution is -2.07. The van der Waals surface area contributed by atoms with Gasteiger partial charge in [-0.25, -0.2) is 4.98 Å². The average Bonchev–Trinajstić information content (AvgIpc) is 3.77. The van der Waals surface area contributed by atoms with Crippen LogP contribution >= 0.6 is 0 Å². The molecule has 11 rings (SSSR count). The van der Waals surface area contributed by atoms with Crippen molar-refractivity contribution >= 4 is 65.3 Å². The summed E-state index contributed by atoms with van der Waals surface area (Å²) < 4.78 is 8.60. The van der Waals surface area contributed by atoms with Crippen LogP contribution in [0, 0.1) is 0 Å². The Hall–Kier alpha value is -7.11. The summed E-state index contributed by atoms with van der Waals surface area (Å²) in [5.74, 6) is 1.81. The van der Waals surface area contributed by atoms with Gasteiger partial charge in [-0.05, 0) is 57.4 Å². The van der Waals surface area contributed by atoms with Crippen LogP contribution in [0.3, 0.4) is 0 Å². The lowest BCUT2D eigenvalue weighted by atomic mass is 9.98. The summed E-state index contributed by atoms with van der Waals surface area (Å²) in [4.78, 5) is 15.5. The van der Waals surface area contributed by atoms with Crippen LogP contribution in [0.1, 0.15) is 0 Å². The van der Waals surface area contributed by atoms with Crippen molar-refractivity contribution in [3.05, 3.63) is 170 Å². The van der Waals surface area contributed by atoms with Crippen molar-refractivity contribution in [2.24, 2.45) is 0 Å². The van der Waals surface area contributed by atoms with E-state index in [0.717, 1.165) is 71.4 Å². The fraction of sp³-hybridized carbons (Fsp3) is 0. The van der Waals surface area contributed by atoms with Gasteiger partial charge in [-0.15, -0.1) is 0 Å². The van der Waals surface area contributed by atoms with Crippen molar-refractivity contribution < 1.29 is 4.42 Å². The Morgan fingerprint density at radius 2 is 1.08 bits per heavy atom. The monoisotopic (exact) mass is 664 g/mol. The molecule has 0 aliphatic carbocycles. The maximum atomic E-state index is 6.38. The second kappa shape index (κ2) is 11.2. The molecule has 0 saturated heterocycles. The van der Waals surface area contributed by atoms with Crippen LogP contribution < -0.4 is 0 Å². The van der Waals surface area contributed by atoms with E-state index in [-0.39, 0.29) is 0 Å². The van der Waals surface area contributed by atoms with Gasteiger partial charge >= 0.3 is 0 Å². The first-order chi connectivity index (χ1) is 25.8. The molecule has 242 valence electrons. The minimum absolute atomic E-state index is 0.566. The molecule has 5 heteroatoms. The fourth-order valence-electron chi connectivity index (χ4n) is 7.81. The highest BCUT2D eigenvalue weighted by molar-refractivity contribution is 6.20. The fourth-order valence-corrected chi connectivity index (χ4v) is 7.81. The van der Waals surface area contributed by atoms with Crippen LogP contribution in [-0.4, -0.2) is 19.5 Å². The van der Waals surface area contributed by atoms with E-state index in [4.69, 9.17) is 19.4 Å². The average molecular weight is 665 g/mol. The smallest absolute Gasteiger partial charge is 0.238 e. The van der Waals surface area contributed by atoms with E-state index in [2.05, 4.69) is 156 Å². The molecule has 0 aliphatic heterocycles. The summed E-state index contributed by atoms with van der Waals surface area (Å²) in [5, 5.41) is 9.17. The summed E-state index contributed by atoms with van der Waals surface area (Å²) in [6, 6.07) is 59.2. The van der Waals surface area contributed by atoms with E-state index in [0.29, 0.717) is 17.6 Å². The molecular weight excluding hydrogens is 637 g/mol. The zero-order valence-corrected chi connectivity index (χ0v) is 27.9. The number of furan rings is 1. The molecule has 52 heavy (non-hydrogen) atoms. The standard InChI is InChI=1S/C47H28N4O/c1-2-13-31(14-3-1)45-48-46(34-22-21-29-11-4-5-15-32(29)27-34)50-47(49-45)51-40-20-9-8-17-37(40)38-19-10-18-36(44(38)51)33-24-25-41-39(28-33)43-35-16-7-6-12-30(35)23-26-42(43)52-41/h1-28H. The molecule has 5 nitrogen and oxygen atoms in total. The molecule has 0 aliphatic rings. The molecule has 3 heterocycles. The van der Waals surface area contributed by atoms with Crippen LogP contribution in [0.5, 0.6) is 0 Å². The number of aromatic nitrogens is 4. The third-order valence-electron chi connectivity index (χ3n) is 10.2. The highest BCUT2D eigenvalue weighted by Crippen LogP contribution is 2.41. The lowest BCUT2D eigenvalue weighted by molar-refractivity contribution is 0.669. The molecule has 3 aromatic heterocycles. The predicted octanol–water partition coefficient (Wildman–Crippen LogP) is 12.2. The molecule has 11 aromatic rings. The predicted molar refractivity (Wildman–Crippen MR) is 213 cm³/mol. The quantitative estimate of drug-likeness (QED) is 0.188. The molecule has 0 fully saturated rings. The van der Waals surface area contributed by atoms with E-state index in [1.807, 2.05) is 18.2 Å². The Kier molecular flexibility index (Phi) is 6.18. The van der Waals surface area contributed by atoms with Gasteiger partial charge in [-0.2, -0.15) is 9.97 Å². The second-order valence-corrected chi connectivity index (χ2v) is 13.2. The molecule has 0 radical (unpaired) electrons. The highest BCUT2D eigenvalue weighted by Gasteiger charge is 2.21. The van der Waals surface area contributed by atoms with Crippen LogP contribution in [0.2, 0.25) is 0 Å². The molecule has 0 saturated carbocycles. The van der Waals surface area contributed by atoms with Gasteiger partial charge in [0.15, 0.2) is 11.6 Å². The number of hydrogen-bond donors (Lipinski definition) is 0. The molecule has 0 spiro atoms. The largest absolute Gasteiger partial charge is 0.456 e. The zero-order chi connectivity index (χ0) is 34.2. The van der Waals surface area contributed by atoms with E-state index in [9.17, 15) is 0 Å². The number of nitrogens with zero attached hydrogens (tertiary/aromatic N) is 4. The van der Waals surface area contributed by atoms with E-state index >= 15 is 0 Å². The Morgan fingerprint density at radius 3 is 1.96 bits per heavy atom. The molecular formula is C47H28N4O. The van der Waals surface area contributed by atoms with Crippen LogP contribution in [0.4, 0.5) is 0 Å². The zero-order valence-electron chi connectivity index (χ0n) is 27.9. The maximum Gasteiger partial charge on any atom is 0.238 e. The molecule has 8 aromatic carbocycles. The lowest BCUT2D eigenvalue weighted by Gasteiger charge is -2.13. The van der Waals surface area contributed by atoms with Gasteiger partial charge in [0.25, 0.3) is 0 Å². The van der Waals surface area contributed by atoms with Crippen molar-refractivity contribution in [3.8, 4) is 39.9 Å². The first-order valence-corrected chi connectivity index (χ1v) is 17.4. The molecule has 0 N–H and O–H groups in total. The summed E-state index contributed by atoms with van der Waals surface area (Å²) in [5.41, 5.74) is 7.86. The first kappa shape index (κ1) is 28.7. The number of benzene rings is 8. The number of rotatable bonds is 4. The van der Waals surface area contributed by atoms with E-state index in [1.54, 1.807) is 0 Å². The second-order valence-electron chi connectivity index (χ2n) is 13.2. The molecule has 0 unspecified atom stereocenters. The van der Waals surface area contributed by atoms with Crippen LogP contribution in [0.25, 0.3) is 105 Å². The Bertz CT molecular complexity index is 3190. The summed E-state index contributed by atoms with van der Waals surface area (Å²) >= 11 is 0. The van der Waals surface area contributed by atoms with Crippen molar-refractivity contribution in [2.75, 3.05) is 0 Å². The first-order valence-electron chi connectivity index (χ1n) is 17.4. The molecule has 0 bridgehead atoms. The Morgan fingerprint density at radius 1 is 0.404 bits per heavy atom. The van der Waals surface area contributed by atoms with Crippen molar-refractivity contribution in [2.45, 2.75) is 0 Å². The van der Waals surface area contributed by atoms with Crippen molar-refractivity contribution in [1.82, 2.24) is 19.5 Å². The summed E-state index contributed by atoms with van der Waals surface area (Å²) in [6.45, 7) is 0. The van der Waals surface area contributed by atoms with Gasteiger partial charge in [0.2, 0.25) is 5.95 Å². The maximum absolute atomic E-state index is 6.38. The van der Waals surface area contributed by atoms with Gasteiger partial charge in [0.05, 0.1) is 11.0 Å². The third-order valence-corrected chi connectivity index (χ3v) is 10.2.